The number of hydrogen-bond acceptors (Lipinski definition) is 7. The summed E-state index contributed by atoms with van der Waals surface area (Å²) in [6.45, 7) is 12.8. The minimum atomic E-state index is -0.879. The van der Waals surface area contributed by atoms with Gasteiger partial charge in [-0.1, -0.05) is 33.8 Å². The van der Waals surface area contributed by atoms with E-state index in [9.17, 15) is 19.5 Å². The summed E-state index contributed by atoms with van der Waals surface area (Å²) in [6.07, 6.45) is 3.43. The Hall–Kier alpha value is -1.93. The zero-order valence-electron chi connectivity index (χ0n) is 22.8. The highest BCUT2D eigenvalue weighted by atomic mass is 16.6. The standard InChI is InChI=1S/C28H44N2O6/c1-8-25(4)15-20(35-23(33)29-24(34)36-27(13-14-27)16-30(6)7)26(5)17(2)9-11-28(18(3)22(25)32)12-10-19(31)21(26)28/h8,17-18,20-22,32H,1,9-16H2,2-7H3,(H,29,33,34)/t17?,18-,20+,21-,22-,25+,26+,28-/m0/s1. The van der Waals surface area contributed by atoms with Crippen LogP contribution in [0.5, 0.6) is 0 Å². The number of Topliss-reactive ketones (excluding diaryl/α,β-unsaturated/α-hetero) is 1. The topological polar surface area (TPSA) is 105 Å². The van der Waals surface area contributed by atoms with Gasteiger partial charge in [-0.05, 0) is 69.9 Å². The Morgan fingerprint density at radius 2 is 1.83 bits per heavy atom. The van der Waals surface area contributed by atoms with E-state index in [0.717, 1.165) is 32.1 Å². The fraction of sp³-hybridized carbons (Fsp3) is 0.821. The van der Waals surface area contributed by atoms with E-state index in [1.54, 1.807) is 6.08 Å². The Morgan fingerprint density at radius 3 is 2.42 bits per heavy atom. The number of nitrogens with one attached hydrogen (secondary N) is 1. The van der Waals surface area contributed by atoms with Crippen molar-refractivity contribution in [1.29, 1.82) is 0 Å². The number of ketones is 1. The van der Waals surface area contributed by atoms with Crippen LogP contribution in [0.4, 0.5) is 9.59 Å². The van der Waals surface area contributed by atoms with Gasteiger partial charge in [0.1, 0.15) is 17.5 Å². The van der Waals surface area contributed by atoms with E-state index >= 15 is 0 Å². The summed E-state index contributed by atoms with van der Waals surface area (Å²) in [5, 5.41) is 13.8. The molecular formula is C28H44N2O6. The van der Waals surface area contributed by atoms with Crippen molar-refractivity contribution >= 4 is 18.0 Å². The van der Waals surface area contributed by atoms with Gasteiger partial charge in [0.2, 0.25) is 0 Å². The molecule has 1 unspecified atom stereocenters. The molecule has 0 aromatic carbocycles. The molecule has 202 valence electrons. The molecule has 8 atom stereocenters. The molecular weight excluding hydrogens is 460 g/mol. The van der Waals surface area contributed by atoms with Crippen molar-refractivity contribution in [2.24, 2.45) is 34.0 Å². The molecule has 2 amide bonds. The van der Waals surface area contributed by atoms with Crippen molar-refractivity contribution < 1.29 is 29.0 Å². The SMILES string of the molecule is C=C[C@]1(C)C[C@@H](OC(=O)NC(=O)OC2(CN(C)C)CC2)[C@@]2(C)C(C)CC[C@]3(CCC(=O)[C@H]32)[C@@H](C)[C@@H]1O. The molecule has 2 N–H and O–H groups in total. The van der Waals surface area contributed by atoms with Crippen LogP contribution >= 0.6 is 0 Å². The maximum atomic E-state index is 13.4. The summed E-state index contributed by atoms with van der Waals surface area (Å²) in [7, 11) is 3.82. The van der Waals surface area contributed by atoms with Gasteiger partial charge in [-0.15, -0.1) is 6.58 Å². The van der Waals surface area contributed by atoms with Crippen LogP contribution in [-0.2, 0) is 14.3 Å². The molecule has 8 nitrogen and oxygen atoms in total. The van der Waals surface area contributed by atoms with Gasteiger partial charge in [0.15, 0.2) is 0 Å². The first-order valence-corrected chi connectivity index (χ1v) is 13.4. The molecule has 0 aliphatic heterocycles. The normalized spacial score (nSPS) is 43.1. The molecule has 2 bridgehead atoms. The Bertz CT molecular complexity index is 931. The van der Waals surface area contributed by atoms with E-state index in [-0.39, 0.29) is 29.0 Å². The van der Waals surface area contributed by atoms with Gasteiger partial charge in [0.05, 0.1) is 6.10 Å². The van der Waals surface area contributed by atoms with E-state index in [1.165, 1.54) is 0 Å². The Morgan fingerprint density at radius 1 is 1.17 bits per heavy atom. The van der Waals surface area contributed by atoms with Crippen molar-refractivity contribution in [3.05, 3.63) is 12.7 Å². The molecule has 0 aromatic rings. The van der Waals surface area contributed by atoms with E-state index in [1.807, 2.05) is 25.9 Å². The molecule has 0 spiro atoms. The van der Waals surface area contributed by atoms with Gasteiger partial charge in [-0.3, -0.25) is 4.79 Å². The predicted molar refractivity (Wildman–Crippen MR) is 135 cm³/mol. The van der Waals surface area contributed by atoms with Crippen LogP contribution in [0.3, 0.4) is 0 Å². The molecule has 4 aliphatic carbocycles. The molecule has 4 aliphatic rings. The van der Waals surface area contributed by atoms with Crippen LogP contribution in [0.15, 0.2) is 12.7 Å². The number of hydrogen-bond donors (Lipinski definition) is 2. The predicted octanol–water partition coefficient (Wildman–Crippen LogP) is 4.31. The summed E-state index contributed by atoms with van der Waals surface area (Å²) in [6, 6.07) is 0. The fourth-order valence-corrected chi connectivity index (χ4v) is 7.97. The van der Waals surface area contributed by atoms with Crippen molar-refractivity contribution in [2.75, 3.05) is 20.6 Å². The number of rotatable bonds is 5. The second-order valence-corrected chi connectivity index (χ2v) is 12.9. The third-order valence-electron chi connectivity index (χ3n) is 10.5. The van der Waals surface area contributed by atoms with Gasteiger partial charge >= 0.3 is 12.2 Å². The summed E-state index contributed by atoms with van der Waals surface area (Å²) >= 11 is 0. The monoisotopic (exact) mass is 504 g/mol. The van der Waals surface area contributed by atoms with Crippen molar-refractivity contribution in [3.8, 4) is 0 Å². The van der Waals surface area contributed by atoms with Crippen LogP contribution in [0, 0.1) is 34.0 Å². The second kappa shape index (κ2) is 9.12. The van der Waals surface area contributed by atoms with Crippen LogP contribution in [0.2, 0.25) is 0 Å². The second-order valence-electron chi connectivity index (χ2n) is 12.9. The largest absolute Gasteiger partial charge is 0.445 e. The Kier molecular flexibility index (Phi) is 6.87. The summed E-state index contributed by atoms with van der Waals surface area (Å²) in [4.78, 5) is 41.0. The quantitative estimate of drug-likeness (QED) is 0.538. The molecule has 0 radical (unpaired) electrons. The fourth-order valence-electron chi connectivity index (χ4n) is 7.97. The number of carbonyl (C=O) groups excluding carboxylic acids is 3. The average Bonchev–Trinajstić information content (AvgIpc) is 3.44. The van der Waals surface area contributed by atoms with Gasteiger partial charge in [-0.2, -0.15) is 0 Å². The first-order valence-electron chi connectivity index (χ1n) is 13.4. The highest BCUT2D eigenvalue weighted by molar-refractivity contribution is 5.88. The number of alkyl carbamates (subject to hydrolysis) is 2. The van der Waals surface area contributed by atoms with Crippen molar-refractivity contribution in [3.63, 3.8) is 0 Å². The van der Waals surface area contributed by atoms with E-state index in [4.69, 9.17) is 9.47 Å². The smallest absolute Gasteiger partial charge is 0.417 e. The molecule has 8 heteroatoms. The molecule has 4 saturated carbocycles. The molecule has 4 rings (SSSR count). The lowest BCUT2D eigenvalue weighted by atomic mass is 9.44. The van der Waals surface area contributed by atoms with Crippen molar-refractivity contribution in [2.45, 2.75) is 90.4 Å². The van der Waals surface area contributed by atoms with Gasteiger partial charge in [0.25, 0.3) is 0 Å². The number of carbonyl (C=O) groups is 3. The van der Waals surface area contributed by atoms with Crippen molar-refractivity contribution in [1.82, 2.24) is 10.2 Å². The van der Waals surface area contributed by atoms with Crippen LogP contribution in [-0.4, -0.2) is 66.4 Å². The zero-order chi connectivity index (χ0) is 26.7. The lowest BCUT2D eigenvalue weighted by Gasteiger charge is -2.61. The maximum Gasteiger partial charge on any atom is 0.417 e. The molecule has 4 fully saturated rings. The molecule has 0 saturated heterocycles. The van der Waals surface area contributed by atoms with E-state index < -0.39 is 40.8 Å². The average molecular weight is 505 g/mol. The van der Waals surface area contributed by atoms with E-state index in [0.29, 0.717) is 19.4 Å². The molecule has 0 heterocycles. The third kappa shape index (κ3) is 4.28. The van der Waals surface area contributed by atoms with Gasteiger partial charge in [-0.25, -0.2) is 14.9 Å². The highest BCUT2D eigenvalue weighted by Gasteiger charge is 2.68. The number of ether oxygens (including phenoxy) is 2. The number of imide groups is 1. The lowest BCUT2D eigenvalue weighted by Crippen LogP contribution is -2.63. The number of likely N-dealkylation sites (N-methyl/N-ethyl adjacent to an activating group) is 1. The minimum absolute atomic E-state index is 0.0973. The first kappa shape index (κ1) is 27.1. The summed E-state index contributed by atoms with van der Waals surface area (Å²) < 4.78 is 11.6. The summed E-state index contributed by atoms with van der Waals surface area (Å²) in [5.74, 6) is -0.0980. The number of amides is 2. The Balaban J connectivity index is 1.62. The zero-order valence-corrected chi connectivity index (χ0v) is 22.8. The lowest BCUT2D eigenvalue weighted by molar-refractivity contribution is -0.191. The van der Waals surface area contributed by atoms with Gasteiger partial charge < -0.3 is 19.5 Å². The van der Waals surface area contributed by atoms with E-state index in [2.05, 4.69) is 32.7 Å². The van der Waals surface area contributed by atoms with Crippen LogP contribution < -0.4 is 5.32 Å². The maximum absolute atomic E-state index is 13.4. The first-order chi connectivity index (χ1) is 16.7. The summed E-state index contributed by atoms with van der Waals surface area (Å²) in [5.41, 5.74) is -2.26. The third-order valence-corrected chi connectivity index (χ3v) is 10.5. The molecule has 36 heavy (non-hydrogen) atoms. The van der Waals surface area contributed by atoms with Gasteiger partial charge in [0, 0.05) is 29.7 Å². The Labute approximate surface area is 215 Å². The number of aliphatic hydroxyl groups is 1. The molecule has 0 aromatic heterocycles. The minimum Gasteiger partial charge on any atom is -0.445 e. The highest BCUT2D eigenvalue weighted by Crippen LogP contribution is 2.68. The number of nitrogens with zero attached hydrogens (tertiary/aromatic N) is 1. The van der Waals surface area contributed by atoms with Crippen LogP contribution in [0.25, 0.3) is 0 Å². The van der Waals surface area contributed by atoms with Crippen LogP contribution in [0.1, 0.15) is 72.6 Å². The number of aliphatic hydroxyl groups excluding tert-OH is 1.